The van der Waals surface area contributed by atoms with Gasteiger partial charge in [0.25, 0.3) is 11.8 Å². The highest BCUT2D eigenvalue weighted by Gasteiger charge is 2.37. The standard InChI is InChI=1S/C23H21IN2O7/c1-4-32-18-12-13(11-17(24)19(18)33-5-2)10-16-20(27)25-23(30)26(21(16)28)15-8-6-14(7-9-15)22(29)31-3/h6-12H,4-5H2,1-3H3,(H,25,27,30)/b16-10+. The van der Waals surface area contributed by atoms with E-state index in [1.54, 1.807) is 12.1 Å². The monoisotopic (exact) mass is 564 g/mol. The van der Waals surface area contributed by atoms with Gasteiger partial charge in [-0.25, -0.2) is 14.5 Å². The number of carbonyl (C=O) groups excluding carboxylic acids is 4. The largest absolute Gasteiger partial charge is 0.490 e. The zero-order chi connectivity index (χ0) is 24.1. The van der Waals surface area contributed by atoms with Crippen LogP contribution in [0.3, 0.4) is 0 Å². The van der Waals surface area contributed by atoms with Crippen LogP contribution in [0.5, 0.6) is 11.5 Å². The van der Waals surface area contributed by atoms with Gasteiger partial charge >= 0.3 is 12.0 Å². The van der Waals surface area contributed by atoms with E-state index >= 15 is 0 Å². The van der Waals surface area contributed by atoms with Crippen LogP contribution in [-0.2, 0) is 14.3 Å². The Labute approximate surface area is 203 Å². The minimum Gasteiger partial charge on any atom is -0.490 e. The van der Waals surface area contributed by atoms with Gasteiger partial charge in [0, 0.05) is 0 Å². The fraction of sp³-hybridized carbons (Fsp3) is 0.217. The molecule has 2 aromatic carbocycles. The molecule has 1 N–H and O–H groups in total. The number of benzene rings is 2. The molecule has 2 aromatic rings. The normalized spacial score (nSPS) is 14.8. The topological polar surface area (TPSA) is 111 Å². The maximum atomic E-state index is 13.1. The van der Waals surface area contributed by atoms with E-state index in [4.69, 9.17) is 9.47 Å². The average molecular weight is 564 g/mol. The third-order valence-corrected chi connectivity index (χ3v) is 5.38. The number of carbonyl (C=O) groups is 4. The molecule has 0 saturated carbocycles. The maximum Gasteiger partial charge on any atom is 0.337 e. The molecule has 9 nitrogen and oxygen atoms in total. The number of imide groups is 2. The van der Waals surface area contributed by atoms with E-state index in [1.165, 1.54) is 37.5 Å². The molecule has 0 bridgehead atoms. The van der Waals surface area contributed by atoms with E-state index in [1.807, 2.05) is 13.8 Å². The lowest BCUT2D eigenvalue weighted by Gasteiger charge is -2.26. The molecule has 0 atom stereocenters. The molecule has 0 aliphatic carbocycles. The molecule has 0 unspecified atom stereocenters. The number of hydrogen-bond donors (Lipinski definition) is 1. The summed E-state index contributed by atoms with van der Waals surface area (Å²) in [6.45, 7) is 4.54. The summed E-state index contributed by atoms with van der Waals surface area (Å²) >= 11 is 2.09. The van der Waals surface area contributed by atoms with Crippen LogP contribution >= 0.6 is 22.6 Å². The number of esters is 1. The van der Waals surface area contributed by atoms with Crippen LogP contribution in [0.2, 0.25) is 0 Å². The van der Waals surface area contributed by atoms with Gasteiger partial charge in [0.2, 0.25) is 0 Å². The highest BCUT2D eigenvalue weighted by molar-refractivity contribution is 14.1. The van der Waals surface area contributed by atoms with Gasteiger partial charge < -0.3 is 14.2 Å². The van der Waals surface area contributed by atoms with Gasteiger partial charge in [0.1, 0.15) is 5.57 Å². The SMILES string of the molecule is CCOc1cc(/C=C2\C(=O)NC(=O)N(c3ccc(C(=O)OC)cc3)C2=O)cc(I)c1OCC. The van der Waals surface area contributed by atoms with E-state index in [0.29, 0.717) is 30.3 Å². The van der Waals surface area contributed by atoms with Gasteiger partial charge in [0.15, 0.2) is 11.5 Å². The first kappa shape index (κ1) is 24.2. The number of anilines is 1. The van der Waals surface area contributed by atoms with Gasteiger partial charge in [-0.3, -0.25) is 14.9 Å². The third kappa shape index (κ3) is 5.16. The molecule has 1 saturated heterocycles. The van der Waals surface area contributed by atoms with Crippen LogP contribution in [0.4, 0.5) is 10.5 Å². The lowest BCUT2D eigenvalue weighted by molar-refractivity contribution is -0.122. The van der Waals surface area contributed by atoms with Crippen molar-refractivity contribution in [2.45, 2.75) is 13.8 Å². The zero-order valence-electron chi connectivity index (χ0n) is 18.1. The van der Waals surface area contributed by atoms with Crippen LogP contribution < -0.4 is 19.7 Å². The average Bonchev–Trinajstić information content (AvgIpc) is 2.79. The van der Waals surface area contributed by atoms with Crippen molar-refractivity contribution >= 4 is 58.2 Å². The van der Waals surface area contributed by atoms with E-state index in [2.05, 4.69) is 32.6 Å². The number of barbiturate groups is 1. The Kier molecular flexibility index (Phi) is 7.69. The van der Waals surface area contributed by atoms with E-state index in [0.717, 1.165) is 8.47 Å². The summed E-state index contributed by atoms with van der Waals surface area (Å²) in [6, 6.07) is 8.21. The molecule has 172 valence electrons. The molecule has 1 aliphatic rings. The number of halogens is 1. The number of urea groups is 1. The zero-order valence-corrected chi connectivity index (χ0v) is 20.3. The number of nitrogens with one attached hydrogen (secondary N) is 1. The number of ether oxygens (including phenoxy) is 3. The minimum absolute atomic E-state index is 0.194. The van der Waals surface area contributed by atoms with Crippen molar-refractivity contribution in [3.05, 3.63) is 56.7 Å². The Morgan fingerprint density at radius 3 is 2.33 bits per heavy atom. The maximum absolute atomic E-state index is 13.1. The molecule has 1 fully saturated rings. The Bertz CT molecular complexity index is 1140. The van der Waals surface area contributed by atoms with Crippen molar-refractivity contribution in [2.24, 2.45) is 0 Å². The molecule has 0 aromatic heterocycles. The van der Waals surface area contributed by atoms with Crippen LogP contribution in [0.25, 0.3) is 6.08 Å². The lowest BCUT2D eigenvalue weighted by atomic mass is 10.1. The molecule has 4 amide bonds. The van der Waals surface area contributed by atoms with Gasteiger partial charge in [-0.1, -0.05) is 0 Å². The van der Waals surface area contributed by atoms with Crippen LogP contribution in [0.1, 0.15) is 29.8 Å². The summed E-state index contributed by atoms with van der Waals surface area (Å²) in [6.07, 6.45) is 1.39. The van der Waals surface area contributed by atoms with Gasteiger partial charge in [-0.05, 0) is 84.5 Å². The first-order valence-electron chi connectivity index (χ1n) is 9.99. The lowest BCUT2D eigenvalue weighted by Crippen LogP contribution is -2.54. The Morgan fingerprint density at radius 2 is 1.73 bits per heavy atom. The summed E-state index contributed by atoms with van der Waals surface area (Å²) in [4.78, 5) is 50.5. The van der Waals surface area contributed by atoms with E-state index < -0.39 is 23.8 Å². The molecular weight excluding hydrogens is 543 g/mol. The van der Waals surface area contributed by atoms with Gasteiger partial charge in [-0.15, -0.1) is 0 Å². The second kappa shape index (κ2) is 10.5. The van der Waals surface area contributed by atoms with Gasteiger partial charge in [-0.2, -0.15) is 0 Å². The van der Waals surface area contributed by atoms with E-state index in [-0.39, 0.29) is 16.8 Å². The summed E-state index contributed by atoms with van der Waals surface area (Å²) in [7, 11) is 1.25. The fourth-order valence-electron chi connectivity index (χ4n) is 3.14. The molecule has 33 heavy (non-hydrogen) atoms. The van der Waals surface area contributed by atoms with E-state index in [9.17, 15) is 19.2 Å². The number of rotatable bonds is 7. The summed E-state index contributed by atoms with van der Waals surface area (Å²) in [5.74, 6) is -1.11. The molecular formula is C23H21IN2O7. The van der Waals surface area contributed by atoms with Crippen molar-refractivity contribution in [3.8, 4) is 11.5 Å². The van der Waals surface area contributed by atoms with Crippen LogP contribution in [0.15, 0.2) is 42.0 Å². The highest BCUT2D eigenvalue weighted by atomic mass is 127. The molecule has 1 aliphatic heterocycles. The van der Waals surface area contributed by atoms with Crippen molar-refractivity contribution in [3.63, 3.8) is 0 Å². The molecule has 3 rings (SSSR count). The third-order valence-electron chi connectivity index (χ3n) is 4.58. The predicted molar refractivity (Wildman–Crippen MR) is 128 cm³/mol. The molecule has 0 spiro atoms. The number of amides is 4. The Morgan fingerprint density at radius 1 is 1.06 bits per heavy atom. The van der Waals surface area contributed by atoms with Crippen molar-refractivity contribution in [1.82, 2.24) is 5.32 Å². The fourth-order valence-corrected chi connectivity index (χ4v) is 3.92. The second-order valence-electron chi connectivity index (χ2n) is 6.69. The second-order valence-corrected chi connectivity index (χ2v) is 7.85. The van der Waals surface area contributed by atoms with Crippen molar-refractivity contribution < 1.29 is 33.4 Å². The van der Waals surface area contributed by atoms with Gasteiger partial charge in [0.05, 0.1) is 35.1 Å². The first-order chi connectivity index (χ1) is 15.8. The smallest absolute Gasteiger partial charge is 0.337 e. The van der Waals surface area contributed by atoms with Crippen LogP contribution in [0, 0.1) is 3.57 Å². The summed E-state index contributed by atoms with van der Waals surface area (Å²) in [5, 5.41) is 2.17. The predicted octanol–water partition coefficient (Wildman–Crippen LogP) is 3.54. The molecule has 10 heteroatoms. The highest BCUT2D eigenvalue weighted by Crippen LogP contribution is 2.35. The molecule has 0 radical (unpaired) electrons. The summed E-state index contributed by atoms with van der Waals surface area (Å²) in [5.41, 5.74) is 0.749. The Hall–Kier alpha value is -3.41. The first-order valence-corrected chi connectivity index (χ1v) is 11.1. The van der Waals surface area contributed by atoms with Crippen molar-refractivity contribution in [1.29, 1.82) is 0 Å². The minimum atomic E-state index is -0.885. The van der Waals surface area contributed by atoms with Crippen molar-refractivity contribution in [2.75, 3.05) is 25.2 Å². The number of hydrogen-bond acceptors (Lipinski definition) is 7. The summed E-state index contributed by atoms with van der Waals surface area (Å²) < 4.78 is 16.7. The number of methoxy groups -OCH3 is 1. The quantitative estimate of drug-likeness (QED) is 0.237. The number of nitrogens with zero attached hydrogens (tertiary/aromatic N) is 1. The molecule has 1 heterocycles. The van der Waals surface area contributed by atoms with Crippen LogP contribution in [-0.4, -0.2) is 44.1 Å². The Balaban J connectivity index is 1.99.